The van der Waals surface area contributed by atoms with Gasteiger partial charge < -0.3 is 14.5 Å². The van der Waals surface area contributed by atoms with E-state index in [1.165, 1.54) is 13.2 Å². The fourth-order valence-electron chi connectivity index (χ4n) is 2.48. The minimum atomic E-state index is -0.540. The minimum Gasteiger partial charge on any atom is -0.455 e. The van der Waals surface area contributed by atoms with Crippen LogP contribution in [0.15, 0.2) is 59.2 Å². The van der Waals surface area contributed by atoms with Gasteiger partial charge >= 0.3 is 5.97 Å². The van der Waals surface area contributed by atoms with Crippen LogP contribution in [0, 0.1) is 6.92 Å². The Kier molecular flexibility index (Phi) is 5.12. The number of aromatic nitrogens is 1. The van der Waals surface area contributed by atoms with Crippen molar-refractivity contribution in [2.75, 3.05) is 5.32 Å². The summed E-state index contributed by atoms with van der Waals surface area (Å²) in [5, 5.41) is 2.67. The molecule has 0 aliphatic carbocycles. The van der Waals surface area contributed by atoms with E-state index >= 15 is 0 Å². The second-order valence-electron chi connectivity index (χ2n) is 5.76. The third-order valence-corrected chi connectivity index (χ3v) is 3.72. The van der Waals surface area contributed by atoms with Gasteiger partial charge in [0.15, 0.2) is 0 Å². The summed E-state index contributed by atoms with van der Waals surface area (Å²) in [6, 6.07) is 14.6. The highest BCUT2D eigenvalue weighted by Crippen LogP contribution is 2.22. The van der Waals surface area contributed by atoms with Crippen molar-refractivity contribution in [3.63, 3.8) is 0 Å². The van der Waals surface area contributed by atoms with Crippen molar-refractivity contribution < 1.29 is 18.7 Å². The number of para-hydroxylation sites is 1. The van der Waals surface area contributed by atoms with Gasteiger partial charge in [0.1, 0.15) is 18.6 Å². The zero-order valence-electron chi connectivity index (χ0n) is 14.5. The Hall–Kier alpha value is -3.41. The number of hydrogen-bond acceptors (Lipinski definition) is 5. The van der Waals surface area contributed by atoms with E-state index in [1.807, 2.05) is 43.3 Å². The Labute approximate surface area is 150 Å². The first-order chi connectivity index (χ1) is 12.5. The summed E-state index contributed by atoms with van der Waals surface area (Å²) in [5.74, 6) is -0.329. The third kappa shape index (κ3) is 3.97. The molecule has 6 nitrogen and oxygen atoms in total. The number of amides is 1. The normalized spacial score (nSPS) is 10.4. The summed E-state index contributed by atoms with van der Waals surface area (Å²) in [4.78, 5) is 28.1. The number of nitrogens with one attached hydrogen (secondary N) is 1. The molecule has 26 heavy (non-hydrogen) atoms. The number of aryl methyl sites for hydroxylation is 1. The monoisotopic (exact) mass is 350 g/mol. The number of carbonyl (C=O) groups is 2. The van der Waals surface area contributed by atoms with Gasteiger partial charge in [-0.1, -0.05) is 30.3 Å². The van der Waals surface area contributed by atoms with Gasteiger partial charge in [-0.05, 0) is 30.7 Å². The predicted molar refractivity (Wildman–Crippen MR) is 96.5 cm³/mol. The van der Waals surface area contributed by atoms with Crippen molar-refractivity contribution in [3.05, 3.63) is 71.6 Å². The highest BCUT2D eigenvalue weighted by Gasteiger charge is 2.16. The summed E-state index contributed by atoms with van der Waals surface area (Å²) < 4.78 is 10.8. The SMILES string of the molecule is CC(=O)Nc1c(C)cccc1C(=O)OCc1coc(-c2ccccc2)n1. The Morgan fingerprint density at radius 3 is 2.62 bits per heavy atom. The summed E-state index contributed by atoms with van der Waals surface area (Å²) in [7, 11) is 0. The molecule has 0 spiro atoms. The molecule has 2 aromatic carbocycles. The third-order valence-electron chi connectivity index (χ3n) is 3.72. The molecule has 132 valence electrons. The lowest BCUT2D eigenvalue weighted by Crippen LogP contribution is -2.14. The van der Waals surface area contributed by atoms with Gasteiger partial charge in [-0.3, -0.25) is 4.79 Å². The van der Waals surface area contributed by atoms with Crippen LogP contribution in [0.4, 0.5) is 5.69 Å². The van der Waals surface area contributed by atoms with E-state index in [9.17, 15) is 9.59 Å². The van der Waals surface area contributed by atoms with Crippen LogP contribution in [0.2, 0.25) is 0 Å². The zero-order valence-corrected chi connectivity index (χ0v) is 14.5. The summed E-state index contributed by atoms with van der Waals surface area (Å²) >= 11 is 0. The molecule has 0 radical (unpaired) electrons. The molecule has 0 aliphatic rings. The molecule has 0 saturated carbocycles. The average Bonchev–Trinajstić information content (AvgIpc) is 3.11. The van der Waals surface area contributed by atoms with E-state index in [2.05, 4.69) is 10.3 Å². The molecule has 3 rings (SSSR count). The van der Waals surface area contributed by atoms with Crippen LogP contribution in [0.5, 0.6) is 0 Å². The summed E-state index contributed by atoms with van der Waals surface area (Å²) in [6.45, 7) is 3.18. The largest absolute Gasteiger partial charge is 0.455 e. The van der Waals surface area contributed by atoms with Gasteiger partial charge in [0, 0.05) is 12.5 Å². The van der Waals surface area contributed by atoms with Crippen LogP contribution in [0.25, 0.3) is 11.5 Å². The summed E-state index contributed by atoms with van der Waals surface area (Å²) in [6.07, 6.45) is 1.46. The van der Waals surface area contributed by atoms with Crippen molar-refractivity contribution in [2.24, 2.45) is 0 Å². The number of esters is 1. The van der Waals surface area contributed by atoms with Crippen molar-refractivity contribution in [1.82, 2.24) is 4.98 Å². The number of ether oxygens (including phenoxy) is 1. The lowest BCUT2D eigenvalue weighted by atomic mass is 10.1. The Balaban J connectivity index is 1.71. The van der Waals surface area contributed by atoms with E-state index in [0.29, 0.717) is 22.8 Å². The standard InChI is InChI=1S/C20H18N2O4/c1-13-7-6-10-17(18(13)21-14(2)23)20(24)26-12-16-11-25-19(22-16)15-8-4-3-5-9-15/h3-11H,12H2,1-2H3,(H,21,23). The molecule has 1 amide bonds. The lowest BCUT2D eigenvalue weighted by molar-refractivity contribution is -0.114. The van der Waals surface area contributed by atoms with Gasteiger partial charge in [-0.15, -0.1) is 0 Å². The maximum absolute atomic E-state index is 12.4. The van der Waals surface area contributed by atoms with Crippen LogP contribution in [0.3, 0.4) is 0 Å². The highest BCUT2D eigenvalue weighted by atomic mass is 16.5. The smallest absolute Gasteiger partial charge is 0.340 e. The molecule has 0 fully saturated rings. The van der Waals surface area contributed by atoms with E-state index in [4.69, 9.17) is 9.15 Å². The molecule has 1 heterocycles. The van der Waals surface area contributed by atoms with Crippen molar-refractivity contribution in [1.29, 1.82) is 0 Å². The van der Waals surface area contributed by atoms with E-state index in [1.54, 1.807) is 12.1 Å². The Bertz CT molecular complexity index is 932. The van der Waals surface area contributed by atoms with Crippen LogP contribution in [0.1, 0.15) is 28.5 Å². The van der Waals surface area contributed by atoms with E-state index in [-0.39, 0.29) is 12.5 Å². The molecule has 3 aromatic rings. The quantitative estimate of drug-likeness (QED) is 0.704. The molecule has 6 heteroatoms. The number of rotatable bonds is 5. The first kappa shape index (κ1) is 17.4. The molecular formula is C20H18N2O4. The fourth-order valence-corrected chi connectivity index (χ4v) is 2.48. The van der Waals surface area contributed by atoms with Gasteiger partial charge in [0.25, 0.3) is 0 Å². The van der Waals surface area contributed by atoms with Crippen LogP contribution in [-0.4, -0.2) is 16.9 Å². The van der Waals surface area contributed by atoms with Crippen molar-refractivity contribution in [2.45, 2.75) is 20.5 Å². The molecule has 0 aliphatic heterocycles. The number of oxazole rings is 1. The van der Waals surface area contributed by atoms with Crippen LogP contribution < -0.4 is 5.32 Å². The molecule has 1 aromatic heterocycles. The maximum Gasteiger partial charge on any atom is 0.340 e. The van der Waals surface area contributed by atoms with Crippen molar-refractivity contribution in [3.8, 4) is 11.5 Å². The number of hydrogen-bond donors (Lipinski definition) is 1. The predicted octanol–water partition coefficient (Wildman–Crippen LogP) is 3.97. The first-order valence-corrected chi connectivity index (χ1v) is 8.09. The zero-order chi connectivity index (χ0) is 18.5. The van der Waals surface area contributed by atoms with Gasteiger partial charge in [-0.2, -0.15) is 0 Å². The van der Waals surface area contributed by atoms with Gasteiger partial charge in [0.2, 0.25) is 11.8 Å². The van der Waals surface area contributed by atoms with Crippen LogP contribution >= 0.6 is 0 Å². The van der Waals surface area contributed by atoms with E-state index < -0.39 is 5.97 Å². The molecule has 0 saturated heterocycles. The molecular weight excluding hydrogens is 332 g/mol. The first-order valence-electron chi connectivity index (χ1n) is 8.09. The molecule has 0 atom stereocenters. The second-order valence-corrected chi connectivity index (χ2v) is 5.76. The fraction of sp³-hybridized carbons (Fsp3) is 0.150. The number of anilines is 1. The molecule has 1 N–H and O–H groups in total. The topological polar surface area (TPSA) is 81.4 Å². The number of carbonyl (C=O) groups excluding carboxylic acids is 2. The number of nitrogens with zero attached hydrogens (tertiary/aromatic N) is 1. The highest BCUT2D eigenvalue weighted by molar-refractivity contribution is 6.01. The van der Waals surface area contributed by atoms with E-state index in [0.717, 1.165) is 11.1 Å². The number of benzene rings is 2. The minimum absolute atomic E-state index is 0.0252. The maximum atomic E-state index is 12.4. The van der Waals surface area contributed by atoms with Crippen molar-refractivity contribution >= 4 is 17.6 Å². The average molecular weight is 350 g/mol. The van der Waals surface area contributed by atoms with Gasteiger partial charge in [0.05, 0.1) is 11.3 Å². The Morgan fingerprint density at radius 1 is 1.12 bits per heavy atom. The molecule has 0 bridgehead atoms. The van der Waals surface area contributed by atoms with Gasteiger partial charge in [-0.25, -0.2) is 9.78 Å². The Morgan fingerprint density at radius 2 is 1.88 bits per heavy atom. The molecule has 0 unspecified atom stereocenters. The second kappa shape index (κ2) is 7.65. The van der Waals surface area contributed by atoms with Crippen LogP contribution in [-0.2, 0) is 16.1 Å². The summed E-state index contributed by atoms with van der Waals surface area (Å²) in [5.41, 5.74) is 2.88. The lowest BCUT2D eigenvalue weighted by Gasteiger charge is -2.12.